The number of fused-ring (bicyclic) bond motifs is 2. The lowest BCUT2D eigenvalue weighted by Crippen LogP contribution is -2.37. The van der Waals surface area contributed by atoms with E-state index >= 15 is 0 Å². The van der Waals surface area contributed by atoms with Crippen molar-refractivity contribution >= 4 is 28.0 Å². The third-order valence-corrected chi connectivity index (χ3v) is 6.62. The summed E-state index contributed by atoms with van der Waals surface area (Å²) in [5, 5.41) is 17.2. The van der Waals surface area contributed by atoms with Gasteiger partial charge in [0, 0.05) is 22.3 Å². The summed E-state index contributed by atoms with van der Waals surface area (Å²) in [4.78, 5) is 16.3. The molecule has 32 heavy (non-hydrogen) atoms. The second-order valence-electron chi connectivity index (χ2n) is 8.97. The van der Waals surface area contributed by atoms with Crippen LogP contribution in [0.1, 0.15) is 62.6 Å². The number of benzene rings is 1. The number of aromatic amines is 1. The van der Waals surface area contributed by atoms with Crippen molar-refractivity contribution in [2.24, 2.45) is 0 Å². The smallest absolute Gasteiger partial charge is 0.341 e. The summed E-state index contributed by atoms with van der Waals surface area (Å²) in [6.07, 6.45) is 2.50. The van der Waals surface area contributed by atoms with Crippen LogP contribution in [0.2, 0.25) is 0 Å². The normalized spacial score (nSPS) is 21.6. The van der Waals surface area contributed by atoms with Crippen molar-refractivity contribution < 1.29 is 18.7 Å². The van der Waals surface area contributed by atoms with Crippen LogP contribution in [0.3, 0.4) is 0 Å². The fraction of sp³-hybridized carbons (Fsp3) is 0.375. The zero-order valence-electron chi connectivity index (χ0n) is 17.9. The van der Waals surface area contributed by atoms with E-state index in [1.807, 2.05) is 6.07 Å². The van der Waals surface area contributed by atoms with Crippen LogP contribution in [0, 0.1) is 5.82 Å². The minimum Gasteiger partial charge on any atom is -0.479 e. The fourth-order valence-electron chi connectivity index (χ4n) is 5.03. The molecule has 1 saturated carbocycles. The standard InChI is InChI=1S/C24H24F2N4O2/c1-13(2)21-19(14-7-9-24(26,10-8-14)23(31)32)20-18(11-15-12-27-29-22(15)28-20)30(21)17-5-3-16(25)4-6-17/h3-6,11-14H,7-10H2,1-2H3,(H,31,32)(H,27,28,29). The second-order valence-corrected chi connectivity index (χ2v) is 8.97. The maximum Gasteiger partial charge on any atom is 0.341 e. The van der Waals surface area contributed by atoms with Gasteiger partial charge in [-0.2, -0.15) is 5.10 Å². The maximum absolute atomic E-state index is 14.8. The molecule has 0 bridgehead atoms. The quantitative estimate of drug-likeness (QED) is 0.433. The lowest BCUT2D eigenvalue weighted by Gasteiger charge is -2.31. The van der Waals surface area contributed by atoms with E-state index in [1.165, 1.54) is 12.1 Å². The van der Waals surface area contributed by atoms with Gasteiger partial charge in [0.15, 0.2) is 5.65 Å². The summed E-state index contributed by atoms with van der Waals surface area (Å²) in [6, 6.07) is 8.35. The third-order valence-electron chi connectivity index (χ3n) is 6.62. The Labute approximate surface area is 183 Å². The summed E-state index contributed by atoms with van der Waals surface area (Å²) in [6.45, 7) is 4.18. The molecule has 0 spiro atoms. The molecule has 1 aromatic carbocycles. The Bertz CT molecular complexity index is 1320. The number of alkyl halides is 1. The molecule has 2 N–H and O–H groups in total. The van der Waals surface area contributed by atoms with Crippen LogP contribution in [-0.2, 0) is 4.79 Å². The van der Waals surface area contributed by atoms with Crippen molar-refractivity contribution in [1.29, 1.82) is 0 Å². The minimum absolute atomic E-state index is 0.0207. The molecule has 0 unspecified atom stereocenters. The molecule has 0 radical (unpaired) electrons. The molecule has 1 aliphatic rings. The van der Waals surface area contributed by atoms with Crippen molar-refractivity contribution in [2.45, 2.75) is 57.0 Å². The van der Waals surface area contributed by atoms with E-state index in [0.29, 0.717) is 18.5 Å². The Kier molecular flexibility index (Phi) is 4.76. The van der Waals surface area contributed by atoms with E-state index in [4.69, 9.17) is 4.98 Å². The number of H-pyrrole nitrogens is 1. The first-order valence-electron chi connectivity index (χ1n) is 10.8. The molecule has 3 aromatic heterocycles. The summed E-state index contributed by atoms with van der Waals surface area (Å²) in [7, 11) is 0. The summed E-state index contributed by atoms with van der Waals surface area (Å²) >= 11 is 0. The SMILES string of the molecule is CC(C)c1c(C2CCC(F)(C(=O)O)CC2)c2nc3[nH]ncc3cc2n1-c1ccc(F)cc1. The van der Waals surface area contributed by atoms with Gasteiger partial charge in [-0.05, 0) is 67.9 Å². The van der Waals surface area contributed by atoms with Crippen LogP contribution in [-0.4, -0.2) is 36.5 Å². The predicted octanol–water partition coefficient (Wildman–Crippen LogP) is 5.61. The lowest BCUT2D eigenvalue weighted by atomic mass is 9.76. The first-order chi connectivity index (χ1) is 15.3. The number of aliphatic carboxylic acids is 1. The van der Waals surface area contributed by atoms with Crippen molar-refractivity contribution in [1.82, 2.24) is 19.7 Å². The Morgan fingerprint density at radius 1 is 1.25 bits per heavy atom. The minimum atomic E-state index is -2.17. The van der Waals surface area contributed by atoms with Gasteiger partial charge in [0.2, 0.25) is 5.67 Å². The number of hydrogen-bond donors (Lipinski definition) is 2. The van der Waals surface area contributed by atoms with Crippen LogP contribution in [0.5, 0.6) is 0 Å². The molecule has 6 nitrogen and oxygen atoms in total. The predicted molar refractivity (Wildman–Crippen MR) is 117 cm³/mol. The monoisotopic (exact) mass is 438 g/mol. The van der Waals surface area contributed by atoms with Crippen molar-refractivity contribution in [3.05, 3.63) is 53.6 Å². The highest BCUT2D eigenvalue weighted by molar-refractivity contribution is 5.93. The number of aromatic nitrogens is 4. The number of carboxylic acid groups (broad SMARTS) is 1. The van der Waals surface area contributed by atoms with Gasteiger partial charge in [0.1, 0.15) is 5.82 Å². The van der Waals surface area contributed by atoms with Gasteiger partial charge in [0.25, 0.3) is 0 Å². The fourth-order valence-corrected chi connectivity index (χ4v) is 5.03. The van der Waals surface area contributed by atoms with Crippen molar-refractivity contribution in [3.63, 3.8) is 0 Å². The van der Waals surface area contributed by atoms with E-state index in [1.54, 1.807) is 18.3 Å². The number of carboxylic acids is 1. The van der Waals surface area contributed by atoms with E-state index in [0.717, 1.165) is 33.4 Å². The Balaban J connectivity index is 1.75. The van der Waals surface area contributed by atoms with Gasteiger partial charge >= 0.3 is 5.97 Å². The third kappa shape index (κ3) is 3.16. The zero-order chi connectivity index (χ0) is 22.6. The highest BCUT2D eigenvalue weighted by Gasteiger charge is 2.44. The van der Waals surface area contributed by atoms with E-state index in [9.17, 15) is 18.7 Å². The maximum atomic E-state index is 14.8. The van der Waals surface area contributed by atoms with Gasteiger partial charge in [-0.15, -0.1) is 0 Å². The van der Waals surface area contributed by atoms with E-state index in [-0.39, 0.29) is 30.5 Å². The van der Waals surface area contributed by atoms with Crippen molar-refractivity contribution in [2.75, 3.05) is 0 Å². The highest BCUT2D eigenvalue weighted by Crippen LogP contribution is 2.46. The second kappa shape index (κ2) is 7.39. The molecule has 0 saturated heterocycles. The molecule has 1 fully saturated rings. The molecular formula is C24H24F2N4O2. The van der Waals surface area contributed by atoms with E-state index < -0.39 is 11.6 Å². The molecule has 8 heteroatoms. The topological polar surface area (TPSA) is 83.8 Å². The average Bonchev–Trinajstić information content (AvgIpc) is 3.35. The molecular weight excluding hydrogens is 414 g/mol. The number of nitrogens with one attached hydrogen (secondary N) is 1. The summed E-state index contributed by atoms with van der Waals surface area (Å²) < 4.78 is 30.5. The first kappa shape index (κ1) is 20.6. The van der Waals surface area contributed by atoms with Crippen molar-refractivity contribution in [3.8, 4) is 5.69 Å². The molecule has 166 valence electrons. The van der Waals surface area contributed by atoms with Crippen LogP contribution < -0.4 is 0 Å². The molecule has 1 aliphatic carbocycles. The number of pyridine rings is 1. The van der Waals surface area contributed by atoms with Gasteiger partial charge in [0.05, 0.1) is 17.2 Å². The molecule has 0 amide bonds. The Hall–Kier alpha value is -3.29. The van der Waals surface area contributed by atoms with Gasteiger partial charge in [-0.1, -0.05) is 13.8 Å². The molecule has 3 heterocycles. The van der Waals surface area contributed by atoms with Crippen LogP contribution in [0.4, 0.5) is 8.78 Å². The van der Waals surface area contributed by atoms with Crippen LogP contribution >= 0.6 is 0 Å². The lowest BCUT2D eigenvalue weighted by molar-refractivity contribution is -0.153. The molecule has 0 aliphatic heterocycles. The first-order valence-corrected chi connectivity index (χ1v) is 10.8. The zero-order valence-corrected chi connectivity index (χ0v) is 17.9. The average molecular weight is 438 g/mol. The van der Waals surface area contributed by atoms with Gasteiger partial charge in [-0.3, -0.25) is 5.10 Å². The Morgan fingerprint density at radius 2 is 1.94 bits per heavy atom. The Morgan fingerprint density at radius 3 is 2.56 bits per heavy atom. The number of carbonyl (C=O) groups is 1. The van der Waals surface area contributed by atoms with Gasteiger partial charge < -0.3 is 9.67 Å². The van der Waals surface area contributed by atoms with E-state index in [2.05, 4.69) is 28.6 Å². The summed E-state index contributed by atoms with van der Waals surface area (Å²) in [5.74, 6) is -1.61. The van der Waals surface area contributed by atoms with Gasteiger partial charge in [-0.25, -0.2) is 18.6 Å². The number of nitrogens with zero attached hydrogens (tertiary/aromatic N) is 3. The molecule has 5 rings (SSSR count). The largest absolute Gasteiger partial charge is 0.479 e. The van der Waals surface area contributed by atoms with Crippen LogP contribution in [0.15, 0.2) is 36.5 Å². The highest BCUT2D eigenvalue weighted by atomic mass is 19.1. The van der Waals surface area contributed by atoms with Crippen LogP contribution in [0.25, 0.3) is 27.8 Å². The molecule has 4 aromatic rings. The number of halogens is 2. The molecule has 0 atom stereocenters. The number of rotatable bonds is 4. The summed E-state index contributed by atoms with van der Waals surface area (Å²) in [5.41, 5.74) is 3.02. The number of hydrogen-bond acceptors (Lipinski definition) is 3.